The molecule has 0 aliphatic carbocycles. The molecule has 0 atom stereocenters. The van der Waals surface area contributed by atoms with Gasteiger partial charge in [0.05, 0.1) is 16.3 Å². The Morgan fingerprint density at radius 1 is 1.17 bits per heavy atom. The fourth-order valence-electron chi connectivity index (χ4n) is 2.22. The third-order valence-electron chi connectivity index (χ3n) is 3.18. The minimum Gasteiger partial charge on any atom is -0.303 e. The zero-order chi connectivity index (χ0) is 13.1. The Morgan fingerprint density at radius 2 is 1.94 bits per heavy atom. The molecule has 1 aliphatic rings. The molecule has 0 bridgehead atoms. The first-order valence-corrected chi connectivity index (χ1v) is 6.69. The van der Waals surface area contributed by atoms with Crippen molar-refractivity contribution in [2.75, 3.05) is 11.4 Å². The number of para-hydroxylation sites is 1. The van der Waals surface area contributed by atoms with Gasteiger partial charge in [-0.2, -0.15) is 0 Å². The molecule has 0 spiro atoms. The van der Waals surface area contributed by atoms with Gasteiger partial charge in [-0.1, -0.05) is 43.9 Å². The lowest BCUT2D eigenvalue weighted by Crippen LogP contribution is -2.30. The van der Waals surface area contributed by atoms with Crippen molar-refractivity contribution in [3.05, 3.63) is 28.8 Å². The topological polar surface area (TPSA) is 37.4 Å². The molecule has 0 saturated heterocycles. The molecule has 4 heteroatoms. The molecule has 0 saturated carbocycles. The molecular weight excluding hydrogens is 250 g/mol. The van der Waals surface area contributed by atoms with Crippen LogP contribution in [-0.2, 0) is 4.79 Å². The van der Waals surface area contributed by atoms with Crippen LogP contribution < -0.4 is 4.90 Å². The number of carbonyl (C=O) groups excluding carboxylic acids is 2. The van der Waals surface area contributed by atoms with Crippen LogP contribution in [0.1, 0.15) is 43.0 Å². The van der Waals surface area contributed by atoms with Gasteiger partial charge in [0.2, 0.25) is 0 Å². The van der Waals surface area contributed by atoms with Crippen LogP contribution in [0.25, 0.3) is 0 Å². The Morgan fingerprint density at radius 3 is 2.67 bits per heavy atom. The van der Waals surface area contributed by atoms with Gasteiger partial charge in [0, 0.05) is 6.54 Å². The Balaban J connectivity index is 2.17. The maximum atomic E-state index is 11.9. The van der Waals surface area contributed by atoms with E-state index in [9.17, 15) is 9.59 Å². The van der Waals surface area contributed by atoms with Crippen LogP contribution >= 0.6 is 11.6 Å². The van der Waals surface area contributed by atoms with Crippen molar-refractivity contribution in [1.29, 1.82) is 0 Å². The second-order valence-corrected chi connectivity index (χ2v) is 4.89. The van der Waals surface area contributed by atoms with Gasteiger partial charge in [-0.25, -0.2) is 0 Å². The van der Waals surface area contributed by atoms with E-state index in [4.69, 9.17) is 11.6 Å². The zero-order valence-corrected chi connectivity index (χ0v) is 11.2. The van der Waals surface area contributed by atoms with E-state index in [1.807, 2.05) is 0 Å². The third-order valence-corrected chi connectivity index (χ3v) is 3.48. The molecule has 0 radical (unpaired) electrons. The van der Waals surface area contributed by atoms with Crippen molar-refractivity contribution in [1.82, 2.24) is 0 Å². The summed E-state index contributed by atoms with van der Waals surface area (Å²) in [5, 5.41) is 0.474. The molecule has 0 aromatic heterocycles. The van der Waals surface area contributed by atoms with Gasteiger partial charge in [0.15, 0.2) is 0 Å². The van der Waals surface area contributed by atoms with E-state index in [-0.39, 0.29) is 0 Å². The molecule has 1 aliphatic heterocycles. The molecule has 18 heavy (non-hydrogen) atoms. The van der Waals surface area contributed by atoms with E-state index in [1.54, 1.807) is 18.2 Å². The molecule has 3 nitrogen and oxygen atoms in total. The normalized spacial score (nSPS) is 14.2. The van der Waals surface area contributed by atoms with E-state index < -0.39 is 11.7 Å². The van der Waals surface area contributed by atoms with Gasteiger partial charge in [0.25, 0.3) is 11.7 Å². The van der Waals surface area contributed by atoms with E-state index in [0.717, 1.165) is 25.7 Å². The van der Waals surface area contributed by atoms with Gasteiger partial charge in [-0.15, -0.1) is 0 Å². The highest BCUT2D eigenvalue weighted by Crippen LogP contribution is 2.35. The molecule has 1 aromatic rings. The summed E-state index contributed by atoms with van der Waals surface area (Å²) in [7, 11) is 0. The summed E-state index contributed by atoms with van der Waals surface area (Å²) in [4.78, 5) is 25.2. The zero-order valence-electron chi connectivity index (χ0n) is 10.4. The number of hydrogen-bond acceptors (Lipinski definition) is 2. The van der Waals surface area contributed by atoms with Gasteiger partial charge < -0.3 is 4.90 Å². The van der Waals surface area contributed by atoms with Crippen molar-refractivity contribution >= 4 is 29.0 Å². The van der Waals surface area contributed by atoms with E-state index >= 15 is 0 Å². The van der Waals surface area contributed by atoms with E-state index in [2.05, 4.69) is 6.92 Å². The summed E-state index contributed by atoms with van der Waals surface area (Å²) in [6.07, 6.45) is 4.25. The summed E-state index contributed by atoms with van der Waals surface area (Å²) < 4.78 is 0. The Labute approximate surface area is 112 Å². The van der Waals surface area contributed by atoms with Crippen molar-refractivity contribution in [3.8, 4) is 0 Å². The van der Waals surface area contributed by atoms with Crippen molar-refractivity contribution in [2.24, 2.45) is 0 Å². The lowest BCUT2D eigenvalue weighted by molar-refractivity contribution is -0.114. The van der Waals surface area contributed by atoms with Crippen LogP contribution in [0.15, 0.2) is 18.2 Å². The summed E-state index contributed by atoms with van der Waals surface area (Å²) in [5.74, 6) is -0.891. The lowest BCUT2D eigenvalue weighted by Gasteiger charge is -2.17. The van der Waals surface area contributed by atoms with E-state index in [0.29, 0.717) is 22.8 Å². The van der Waals surface area contributed by atoms with Crippen LogP contribution in [0.4, 0.5) is 5.69 Å². The number of hydrogen-bond donors (Lipinski definition) is 0. The maximum absolute atomic E-state index is 11.9. The number of ketones is 1. The molecule has 1 aromatic carbocycles. The first-order chi connectivity index (χ1) is 8.66. The van der Waals surface area contributed by atoms with Crippen molar-refractivity contribution in [2.45, 2.75) is 32.6 Å². The Hall–Kier alpha value is -1.35. The van der Waals surface area contributed by atoms with Crippen molar-refractivity contribution < 1.29 is 9.59 Å². The minimum atomic E-state index is -0.449. The van der Waals surface area contributed by atoms with Gasteiger partial charge in [-0.3, -0.25) is 9.59 Å². The van der Waals surface area contributed by atoms with Crippen LogP contribution in [0, 0.1) is 0 Å². The molecule has 0 N–H and O–H groups in total. The predicted octanol–water partition coefficient (Wildman–Crippen LogP) is 3.45. The number of anilines is 1. The number of amides is 1. The molecule has 1 heterocycles. The highest BCUT2D eigenvalue weighted by atomic mass is 35.5. The fourth-order valence-corrected chi connectivity index (χ4v) is 2.50. The molecule has 2 rings (SSSR count). The molecule has 1 amide bonds. The van der Waals surface area contributed by atoms with Gasteiger partial charge in [0.1, 0.15) is 0 Å². The molecule has 0 fully saturated rings. The number of Topliss-reactive ketones (excluding diaryl/α,β-unsaturated/α-hetero) is 1. The number of nitrogens with zero attached hydrogens (tertiary/aromatic N) is 1. The first-order valence-electron chi connectivity index (χ1n) is 6.31. The number of benzene rings is 1. The Bertz CT molecular complexity index is 485. The average Bonchev–Trinajstić information content (AvgIpc) is 2.61. The number of unbranched alkanes of at least 4 members (excludes halogenated alkanes) is 3. The molecular formula is C14H16ClNO2. The van der Waals surface area contributed by atoms with Crippen LogP contribution in [-0.4, -0.2) is 18.2 Å². The predicted molar refractivity (Wildman–Crippen MR) is 72.3 cm³/mol. The second-order valence-electron chi connectivity index (χ2n) is 4.48. The maximum Gasteiger partial charge on any atom is 0.299 e. The monoisotopic (exact) mass is 265 g/mol. The van der Waals surface area contributed by atoms with Crippen LogP contribution in [0.2, 0.25) is 5.02 Å². The number of carbonyl (C=O) groups is 2. The van der Waals surface area contributed by atoms with Crippen LogP contribution in [0.3, 0.4) is 0 Å². The van der Waals surface area contributed by atoms with Crippen LogP contribution in [0.5, 0.6) is 0 Å². The van der Waals surface area contributed by atoms with Gasteiger partial charge >= 0.3 is 0 Å². The standard InChI is InChI=1S/C14H16ClNO2/c1-2-3-4-5-9-16-12-10(13(17)14(16)18)7-6-8-11(12)15/h6-8H,2-5,9H2,1H3. The minimum absolute atomic E-state index is 0.433. The summed E-state index contributed by atoms with van der Waals surface area (Å²) in [6, 6.07) is 5.08. The fraction of sp³-hybridized carbons (Fsp3) is 0.429. The third kappa shape index (κ3) is 2.27. The summed E-state index contributed by atoms with van der Waals surface area (Å²) in [6.45, 7) is 2.71. The number of halogens is 1. The molecule has 0 unspecified atom stereocenters. The largest absolute Gasteiger partial charge is 0.303 e. The molecule has 96 valence electrons. The van der Waals surface area contributed by atoms with Gasteiger partial charge in [-0.05, 0) is 18.6 Å². The lowest BCUT2D eigenvalue weighted by atomic mass is 10.1. The highest BCUT2D eigenvalue weighted by Gasteiger charge is 2.36. The SMILES string of the molecule is CCCCCCN1C(=O)C(=O)c2cccc(Cl)c21. The number of rotatable bonds is 5. The smallest absolute Gasteiger partial charge is 0.299 e. The quantitative estimate of drug-likeness (QED) is 0.604. The van der Waals surface area contributed by atoms with E-state index in [1.165, 1.54) is 4.90 Å². The second kappa shape index (κ2) is 5.53. The average molecular weight is 266 g/mol. The number of fused-ring (bicyclic) bond motifs is 1. The Kier molecular flexibility index (Phi) is 4.02. The highest BCUT2D eigenvalue weighted by molar-refractivity contribution is 6.54. The summed E-state index contributed by atoms with van der Waals surface area (Å²) in [5.41, 5.74) is 1.02. The van der Waals surface area contributed by atoms with Crippen molar-refractivity contribution in [3.63, 3.8) is 0 Å². The summed E-state index contributed by atoms with van der Waals surface area (Å²) >= 11 is 6.09. The first kappa shape index (κ1) is 13.1.